The average molecular weight is 564 g/mol. The van der Waals surface area contributed by atoms with Gasteiger partial charge in [0.05, 0.1) is 5.69 Å². The highest BCUT2D eigenvalue weighted by molar-refractivity contribution is 6.12. The van der Waals surface area contributed by atoms with Crippen molar-refractivity contribution in [3.8, 4) is 6.07 Å². The SMILES string of the molecule is CCCCCC(CC)CN(CC(CC)CCCC)C(=O)c1ccc(/N=N/C2C(=O)N(CC)C(=O)C(C#N)=C2C)cc1. The molecule has 3 atom stereocenters. The molecule has 1 heterocycles. The summed E-state index contributed by atoms with van der Waals surface area (Å²) in [5, 5.41) is 17.9. The molecule has 0 bridgehead atoms. The summed E-state index contributed by atoms with van der Waals surface area (Å²) >= 11 is 0. The zero-order chi connectivity index (χ0) is 30.4. The van der Waals surface area contributed by atoms with E-state index < -0.39 is 17.9 Å². The molecule has 1 aromatic carbocycles. The van der Waals surface area contributed by atoms with E-state index in [1.165, 1.54) is 25.7 Å². The Morgan fingerprint density at radius 2 is 1.54 bits per heavy atom. The minimum absolute atomic E-state index is 0.0365. The number of unbranched alkanes of at least 4 members (excludes halogenated alkanes) is 3. The third-order valence-corrected chi connectivity index (χ3v) is 8.18. The number of azo groups is 1. The van der Waals surface area contributed by atoms with Crippen molar-refractivity contribution in [2.24, 2.45) is 22.1 Å². The van der Waals surface area contributed by atoms with Crippen LogP contribution in [0.1, 0.15) is 110 Å². The lowest BCUT2D eigenvalue weighted by atomic mass is 9.95. The maximum atomic E-state index is 13.8. The smallest absolute Gasteiger partial charge is 0.271 e. The second-order valence-electron chi connectivity index (χ2n) is 11.1. The first-order chi connectivity index (χ1) is 19.8. The van der Waals surface area contributed by atoms with Gasteiger partial charge >= 0.3 is 0 Å². The normalized spacial score (nSPS) is 17.2. The van der Waals surface area contributed by atoms with Crippen LogP contribution in [0.15, 0.2) is 45.6 Å². The van der Waals surface area contributed by atoms with Gasteiger partial charge < -0.3 is 4.90 Å². The van der Waals surface area contributed by atoms with Gasteiger partial charge in [0.1, 0.15) is 11.6 Å². The van der Waals surface area contributed by atoms with Crippen LogP contribution in [0.25, 0.3) is 0 Å². The molecule has 1 aromatic rings. The minimum Gasteiger partial charge on any atom is -0.338 e. The fraction of sp³-hybridized carbons (Fsp3) is 0.636. The van der Waals surface area contributed by atoms with Crippen LogP contribution >= 0.6 is 0 Å². The molecule has 0 fully saturated rings. The molecule has 2 rings (SSSR count). The molecule has 8 heteroatoms. The number of imide groups is 1. The molecule has 0 saturated carbocycles. The van der Waals surface area contributed by atoms with Crippen LogP contribution in [0.3, 0.4) is 0 Å². The highest BCUT2D eigenvalue weighted by Crippen LogP contribution is 2.26. The fourth-order valence-electron chi connectivity index (χ4n) is 5.31. The number of benzene rings is 1. The maximum Gasteiger partial charge on any atom is 0.271 e. The van der Waals surface area contributed by atoms with E-state index in [2.05, 4.69) is 42.8 Å². The molecular formula is C33H49N5O3. The summed E-state index contributed by atoms with van der Waals surface area (Å²) < 4.78 is 0. The zero-order valence-electron chi connectivity index (χ0n) is 26.0. The highest BCUT2D eigenvalue weighted by atomic mass is 16.2. The highest BCUT2D eigenvalue weighted by Gasteiger charge is 2.38. The van der Waals surface area contributed by atoms with Gasteiger partial charge in [0.15, 0.2) is 6.04 Å². The third kappa shape index (κ3) is 9.34. The Labute approximate surface area is 246 Å². The lowest BCUT2D eigenvalue weighted by molar-refractivity contribution is -0.143. The average Bonchev–Trinajstić information content (AvgIpc) is 2.98. The Hall–Kier alpha value is -3.34. The molecular weight excluding hydrogens is 514 g/mol. The van der Waals surface area contributed by atoms with E-state index in [9.17, 15) is 19.6 Å². The Morgan fingerprint density at radius 3 is 2.05 bits per heavy atom. The van der Waals surface area contributed by atoms with Gasteiger partial charge in [-0.05, 0) is 68.4 Å². The molecule has 0 saturated heterocycles. The number of hydrogen-bond acceptors (Lipinski definition) is 6. The fourth-order valence-corrected chi connectivity index (χ4v) is 5.31. The van der Waals surface area contributed by atoms with Crippen LogP contribution in [-0.2, 0) is 9.59 Å². The molecule has 0 radical (unpaired) electrons. The van der Waals surface area contributed by atoms with Gasteiger partial charge in [-0.25, -0.2) is 0 Å². The van der Waals surface area contributed by atoms with Crippen LogP contribution in [-0.4, -0.2) is 53.2 Å². The van der Waals surface area contributed by atoms with E-state index in [-0.39, 0.29) is 18.0 Å². The first kappa shape index (κ1) is 33.9. The van der Waals surface area contributed by atoms with Crippen molar-refractivity contribution in [2.45, 2.75) is 105 Å². The molecule has 3 unspecified atom stereocenters. The van der Waals surface area contributed by atoms with E-state index >= 15 is 0 Å². The lowest BCUT2D eigenvalue weighted by Gasteiger charge is -2.31. The Balaban J connectivity index is 2.25. The molecule has 8 nitrogen and oxygen atoms in total. The summed E-state index contributed by atoms with van der Waals surface area (Å²) in [6.45, 7) is 13.8. The van der Waals surface area contributed by atoms with Crippen LogP contribution in [0.4, 0.5) is 5.69 Å². The number of amides is 3. The van der Waals surface area contributed by atoms with Crippen molar-refractivity contribution >= 4 is 23.4 Å². The van der Waals surface area contributed by atoms with E-state index in [4.69, 9.17) is 0 Å². The molecule has 224 valence electrons. The van der Waals surface area contributed by atoms with Crippen molar-refractivity contribution in [1.29, 1.82) is 5.26 Å². The number of nitriles is 1. The first-order valence-corrected chi connectivity index (χ1v) is 15.5. The van der Waals surface area contributed by atoms with Gasteiger partial charge in [0.2, 0.25) is 0 Å². The number of nitrogens with zero attached hydrogens (tertiary/aromatic N) is 5. The van der Waals surface area contributed by atoms with E-state index in [1.807, 2.05) is 6.07 Å². The summed E-state index contributed by atoms with van der Waals surface area (Å²) in [6, 6.07) is 7.86. The number of likely N-dealkylation sites (N-methyl/N-ethyl adjacent to an activating group) is 1. The Morgan fingerprint density at radius 1 is 0.951 bits per heavy atom. The second-order valence-corrected chi connectivity index (χ2v) is 11.1. The van der Waals surface area contributed by atoms with Crippen molar-refractivity contribution in [3.05, 3.63) is 41.0 Å². The van der Waals surface area contributed by atoms with Crippen LogP contribution in [0, 0.1) is 23.2 Å². The molecule has 1 aliphatic rings. The number of carbonyl (C=O) groups is 3. The zero-order valence-corrected chi connectivity index (χ0v) is 26.0. The molecule has 0 N–H and O–H groups in total. The van der Waals surface area contributed by atoms with Crippen LogP contribution in [0.5, 0.6) is 0 Å². The lowest BCUT2D eigenvalue weighted by Crippen LogP contribution is -2.47. The van der Waals surface area contributed by atoms with Gasteiger partial charge in [0, 0.05) is 25.2 Å². The van der Waals surface area contributed by atoms with Crippen LogP contribution < -0.4 is 0 Å². The van der Waals surface area contributed by atoms with E-state index in [0.717, 1.165) is 50.1 Å². The topological polar surface area (TPSA) is 106 Å². The summed E-state index contributed by atoms with van der Waals surface area (Å²) in [4.78, 5) is 42.1. The quantitative estimate of drug-likeness (QED) is 0.110. The number of rotatable bonds is 17. The minimum atomic E-state index is -1.02. The molecule has 0 aromatic heterocycles. The van der Waals surface area contributed by atoms with Gasteiger partial charge in [0.25, 0.3) is 17.7 Å². The van der Waals surface area contributed by atoms with Crippen LogP contribution in [0.2, 0.25) is 0 Å². The van der Waals surface area contributed by atoms with Crippen molar-refractivity contribution in [1.82, 2.24) is 9.80 Å². The largest absolute Gasteiger partial charge is 0.338 e. The second kappa shape index (κ2) is 17.5. The standard InChI is InChI=1S/C33H49N5O3/c1-7-12-14-16-26(10-4)23-37(22-25(9-3)15-13-8-2)31(39)27-17-19-28(20-18-27)35-36-30-24(6)29(21-34)32(40)38(11-5)33(30)41/h17-20,25-26,30H,7-16,22-23H2,1-6H3/b36-35+. The summed E-state index contributed by atoms with van der Waals surface area (Å²) in [7, 11) is 0. The predicted molar refractivity (Wildman–Crippen MR) is 163 cm³/mol. The van der Waals surface area contributed by atoms with Crippen molar-refractivity contribution in [2.75, 3.05) is 19.6 Å². The monoisotopic (exact) mass is 563 g/mol. The third-order valence-electron chi connectivity index (χ3n) is 8.18. The van der Waals surface area contributed by atoms with E-state index in [0.29, 0.717) is 28.7 Å². The molecule has 0 spiro atoms. The molecule has 3 amide bonds. The predicted octanol–water partition coefficient (Wildman–Crippen LogP) is 7.63. The Kier molecular flexibility index (Phi) is 14.4. The van der Waals surface area contributed by atoms with Crippen molar-refractivity contribution in [3.63, 3.8) is 0 Å². The number of carbonyl (C=O) groups excluding carboxylic acids is 3. The maximum absolute atomic E-state index is 13.8. The van der Waals surface area contributed by atoms with E-state index in [1.54, 1.807) is 38.1 Å². The number of hydrogen-bond donors (Lipinski definition) is 0. The van der Waals surface area contributed by atoms with Gasteiger partial charge in [-0.2, -0.15) is 15.5 Å². The molecule has 0 aliphatic carbocycles. The molecule has 1 aliphatic heterocycles. The molecule has 41 heavy (non-hydrogen) atoms. The first-order valence-electron chi connectivity index (χ1n) is 15.5. The summed E-state index contributed by atoms with van der Waals surface area (Å²) in [5.41, 5.74) is 1.33. The van der Waals surface area contributed by atoms with Gasteiger partial charge in [-0.3, -0.25) is 19.3 Å². The summed E-state index contributed by atoms with van der Waals surface area (Å²) in [5.74, 6) is -0.0728. The summed E-state index contributed by atoms with van der Waals surface area (Å²) in [6.07, 6.45) is 10.3. The van der Waals surface area contributed by atoms with Crippen molar-refractivity contribution < 1.29 is 14.4 Å². The van der Waals surface area contributed by atoms with Gasteiger partial charge in [-0.15, -0.1) is 0 Å². The Bertz CT molecular complexity index is 1120. The van der Waals surface area contributed by atoms with Gasteiger partial charge in [-0.1, -0.05) is 72.6 Å².